The minimum absolute atomic E-state index is 0.0684. The summed E-state index contributed by atoms with van der Waals surface area (Å²) < 4.78 is 5.27. The maximum Gasteiger partial charge on any atom is 0.138 e. The van der Waals surface area contributed by atoms with Crippen molar-refractivity contribution in [3.8, 4) is 5.75 Å². The zero-order valence-electron chi connectivity index (χ0n) is 14.0. The fourth-order valence-electron chi connectivity index (χ4n) is 2.47. The average molecular weight is 329 g/mol. The molecule has 0 spiro atoms. The number of ether oxygens (including phenoxy) is 1. The molecule has 2 aromatic carbocycles. The zero-order valence-corrected chi connectivity index (χ0v) is 14.8. The molecule has 2 aromatic rings. The average Bonchev–Trinajstić information content (AvgIpc) is 3.01. The summed E-state index contributed by atoms with van der Waals surface area (Å²) in [5, 5.41) is 2.16. The van der Waals surface area contributed by atoms with Crippen LogP contribution in [0.5, 0.6) is 5.75 Å². The quantitative estimate of drug-likeness (QED) is 0.766. The topological polar surface area (TPSA) is 21.7 Å². The lowest BCUT2D eigenvalue weighted by molar-refractivity contribution is 0.0395. The summed E-state index contributed by atoms with van der Waals surface area (Å²) in [6, 6.07) is 18.5. The largest absolute Gasteiger partial charge is 0.497 e. The minimum Gasteiger partial charge on any atom is -0.497 e. The Morgan fingerprint density at radius 3 is 2.22 bits per heavy atom. The molecular weight excluding hydrogens is 306 g/mol. The van der Waals surface area contributed by atoms with Crippen molar-refractivity contribution in [1.82, 2.24) is 0 Å². The summed E-state index contributed by atoms with van der Waals surface area (Å²) in [5.41, 5.74) is 2.47. The van der Waals surface area contributed by atoms with E-state index in [1.807, 2.05) is 47.2 Å². The Labute approximate surface area is 142 Å². The number of anilines is 1. The molecule has 0 N–H and O–H groups in total. The second kappa shape index (κ2) is 6.46. The van der Waals surface area contributed by atoms with E-state index in [0.29, 0.717) is 0 Å². The molecule has 1 aliphatic rings. The first kappa shape index (κ1) is 16.2. The van der Waals surface area contributed by atoms with E-state index in [0.717, 1.165) is 11.4 Å². The molecule has 2 atom stereocenters. The van der Waals surface area contributed by atoms with Crippen LogP contribution in [0.1, 0.15) is 31.7 Å². The molecule has 0 amide bonds. The van der Waals surface area contributed by atoms with Crippen LogP contribution in [-0.4, -0.2) is 12.5 Å². The van der Waals surface area contributed by atoms with E-state index in [2.05, 4.69) is 45.0 Å². The number of hydrogen-bond donors (Lipinski definition) is 0. The van der Waals surface area contributed by atoms with Crippen molar-refractivity contribution >= 4 is 17.4 Å². The van der Waals surface area contributed by atoms with E-state index >= 15 is 0 Å². The van der Waals surface area contributed by atoms with Crippen molar-refractivity contribution in [2.45, 2.75) is 31.6 Å². The first-order chi connectivity index (χ1) is 11.0. The van der Waals surface area contributed by atoms with Crippen LogP contribution >= 0.6 is 11.8 Å². The number of nitrogens with zero attached hydrogens (tertiary/aromatic N) is 1. The maximum atomic E-state index is 6.30. The van der Waals surface area contributed by atoms with Crippen molar-refractivity contribution in [3.63, 3.8) is 0 Å². The standard InChI is InChI=1S/C19H23NO2S/c1-19(2,3)18-22-20(15-8-6-5-7-9-15)17(23-18)14-10-12-16(21-4)13-11-14/h5-13,17-18H,1-4H3. The molecule has 0 aliphatic carbocycles. The number of benzene rings is 2. The first-order valence-electron chi connectivity index (χ1n) is 7.79. The molecule has 0 bridgehead atoms. The molecule has 1 saturated heterocycles. The Morgan fingerprint density at radius 2 is 1.65 bits per heavy atom. The van der Waals surface area contributed by atoms with Crippen molar-refractivity contribution < 1.29 is 9.57 Å². The van der Waals surface area contributed by atoms with E-state index in [4.69, 9.17) is 9.57 Å². The fraction of sp³-hybridized carbons (Fsp3) is 0.368. The molecular formula is C19H23NO2S. The van der Waals surface area contributed by atoms with Crippen LogP contribution in [0.25, 0.3) is 0 Å². The summed E-state index contributed by atoms with van der Waals surface area (Å²) in [7, 11) is 1.69. The van der Waals surface area contributed by atoms with Gasteiger partial charge < -0.3 is 4.74 Å². The van der Waals surface area contributed by atoms with Crippen molar-refractivity contribution in [1.29, 1.82) is 0 Å². The molecule has 1 aliphatic heterocycles. The van der Waals surface area contributed by atoms with Crippen LogP contribution in [0.15, 0.2) is 54.6 Å². The van der Waals surface area contributed by atoms with Gasteiger partial charge in [0.25, 0.3) is 0 Å². The highest BCUT2D eigenvalue weighted by atomic mass is 32.2. The second-order valence-corrected chi connectivity index (χ2v) is 7.87. The number of para-hydroxylation sites is 1. The predicted octanol–water partition coefficient (Wildman–Crippen LogP) is 5.25. The monoisotopic (exact) mass is 329 g/mol. The summed E-state index contributed by atoms with van der Waals surface area (Å²) in [6.07, 6.45) is 0. The Morgan fingerprint density at radius 1 is 1.00 bits per heavy atom. The zero-order chi connectivity index (χ0) is 16.4. The van der Waals surface area contributed by atoms with Crippen LogP contribution in [0, 0.1) is 5.41 Å². The van der Waals surface area contributed by atoms with E-state index in [-0.39, 0.29) is 16.2 Å². The molecule has 0 saturated carbocycles. The van der Waals surface area contributed by atoms with E-state index in [9.17, 15) is 0 Å². The normalized spacial score (nSPS) is 21.5. The molecule has 4 heteroatoms. The van der Waals surface area contributed by atoms with Gasteiger partial charge in [-0.15, -0.1) is 0 Å². The number of rotatable bonds is 3. The third kappa shape index (κ3) is 3.48. The molecule has 2 unspecified atom stereocenters. The van der Waals surface area contributed by atoms with E-state index < -0.39 is 0 Å². The van der Waals surface area contributed by atoms with Crippen LogP contribution in [-0.2, 0) is 4.84 Å². The fourth-order valence-corrected chi connectivity index (χ4v) is 3.85. The maximum absolute atomic E-state index is 6.30. The van der Waals surface area contributed by atoms with Gasteiger partial charge in [0.1, 0.15) is 16.6 Å². The second-order valence-electron chi connectivity index (χ2n) is 6.73. The van der Waals surface area contributed by atoms with Gasteiger partial charge in [-0.2, -0.15) is 0 Å². The van der Waals surface area contributed by atoms with Gasteiger partial charge >= 0.3 is 0 Å². The highest BCUT2D eigenvalue weighted by Gasteiger charge is 2.41. The number of hydrogen-bond acceptors (Lipinski definition) is 4. The minimum atomic E-state index is 0.0684. The van der Waals surface area contributed by atoms with Crippen LogP contribution in [0.2, 0.25) is 0 Å². The molecule has 1 fully saturated rings. The Balaban J connectivity index is 1.93. The van der Waals surface area contributed by atoms with Gasteiger partial charge in [-0.1, -0.05) is 62.9 Å². The summed E-state index contributed by atoms with van der Waals surface area (Å²) in [4.78, 5) is 6.30. The molecule has 3 nitrogen and oxygen atoms in total. The highest BCUT2D eigenvalue weighted by molar-refractivity contribution is 8.00. The van der Waals surface area contributed by atoms with Crippen molar-refractivity contribution in [2.24, 2.45) is 5.41 Å². The van der Waals surface area contributed by atoms with Crippen molar-refractivity contribution in [3.05, 3.63) is 60.2 Å². The predicted molar refractivity (Wildman–Crippen MR) is 96.6 cm³/mol. The van der Waals surface area contributed by atoms with E-state index in [1.54, 1.807) is 7.11 Å². The Hall–Kier alpha value is -1.65. The van der Waals surface area contributed by atoms with Crippen molar-refractivity contribution in [2.75, 3.05) is 12.2 Å². The lowest BCUT2D eigenvalue weighted by Crippen LogP contribution is -2.27. The van der Waals surface area contributed by atoms with Gasteiger partial charge in [-0.05, 0) is 29.8 Å². The highest BCUT2D eigenvalue weighted by Crippen LogP contribution is 2.50. The third-order valence-electron chi connectivity index (χ3n) is 3.79. The lowest BCUT2D eigenvalue weighted by atomic mass is 9.98. The number of hydroxylamine groups is 1. The molecule has 0 aromatic heterocycles. The molecule has 1 heterocycles. The molecule has 0 radical (unpaired) electrons. The van der Waals surface area contributed by atoms with E-state index in [1.165, 1.54) is 5.56 Å². The third-order valence-corrected chi connectivity index (χ3v) is 5.56. The van der Waals surface area contributed by atoms with Crippen LogP contribution < -0.4 is 9.80 Å². The lowest BCUT2D eigenvalue weighted by Gasteiger charge is -2.26. The van der Waals surface area contributed by atoms with Crippen LogP contribution in [0.4, 0.5) is 5.69 Å². The van der Waals surface area contributed by atoms with Gasteiger partial charge in [0.2, 0.25) is 0 Å². The summed E-state index contributed by atoms with van der Waals surface area (Å²) in [5.74, 6) is 0.872. The molecule has 23 heavy (non-hydrogen) atoms. The number of methoxy groups -OCH3 is 1. The molecule has 122 valence electrons. The van der Waals surface area contributed by atoms with Gasteiger partial charge in [-0.25, -0.2) is 5.06 Å². The summed E-state index contributed by atoms with van der Waals surface area (Å²) >= 11 is 1.85. The SMILES string of the molecule is COc1ccc(C2SC(C(C)(C)C)ON2c2ccccc2)cc1. The summed E-state index contributed by atoms with van der Waals surface area (Å²) in [6.45, 7) is 6.64. The van der Waals surface area contributed by atoms with Crippen LogP contribution in [0.3, 0.4) is 0 Å². The van der Waals surface area contributed by atoms with Gasteiger partial charge in [0, 0.05) is 5.41 Å². The smallest absolute Gasteiger partial charge is 0.138 e. The Bertz CT molecular complexity index is 637. The number of thioether (sulfide) groups is 1. The van der Waals surface area contributed by atoms with Gasteiger partial charge in [0.05, 0.1) is 12.8 Å². The molecule has 3 rings (SSSR count). The van der Waals surface area contributed by atoms with Gasteiger partial charge in [0.15, 0.2) is 0 Å². The van der Waals surface area contributed by atoms with Gasteiger partial charge in [-0.3, -0.25) is 4.84 Å². The Kier molecular flexibility index (Phi) is 4.55. The first-order valence-corrected chi connectivity index (χ1v) is 8.74.